The first-order valence-electron chi connectivity index (χ1n) is 7.00. The van der Waals surface area contributed by atoms with Gasteiger partial charge in [0.1, 0.15) is 10.8 Å². The number of thiazole rings is 1. The van der Waals surface area contributed by atoms with Gasteiger partial charge in [-0.2, -0.15) is 0 Å². The molecule has 0 unspecified atom stereocenters. The van der Waals surface area contributed by atoms with Crippen molar-refractivity contribution in [3.63, 3.8) is 0 Å². The molecule has 0 aromatic carbocycles. The Morgan fingerprint density at radius 3 is 2.90 bits per heavy atom. The van der Waals surface area contributed by atoms with Crippen molar-refractivity contribution in [1.29, 1.82) is 0 Å². The highest BCUT2D eigenvalue weighted by atomic mass is 32.1. The summed E-state index contributed by atoms with van der Waals surface area (Å²) in [5.41, 5.74) is 1.28. The molecule has 1 atom stereocenters. The second-order valence-corrected chi connectivity index (χ2v) is 6.34. The summed E-state index contributed by atoms with van der Waals surface area (Å²) in [7, 11) is 4.03. The molecule has 0 bridgehead atoms. The molecular weight excluding hydrogens is 268 g/mol. The molecule has 1 aliphatic rings. The maximum Gasteiger partial charge on any atom is 0.127 e. The van der Waals surface area contributed by atoms with Crippen LogP contribution < -0.4 is 4.90 Å². The van der Waals surface area contributed by atoms with Crippen LogP contribution in [0.1, 0.15) is 29.5 Å². The Hall–Kier alpha value is -1.46. The van der Waals surface area contributed by atoms with Crippen LogP contribution in [0.25, 0.3) is 0 Å². The van der Waals surface area contributed by atoms with Gasteiger partial charge in [-0.1, -0.05) is 6.07 Å². The van der Waals surface area contributed by atoms with E-state index in [1.165, 1.54) is 23.4 Å². The first-order chi connectivity index (χ1) is 9.74. The van der Waals surface area contributed by atoms with Gasteiger partial charge in [0.15, 0.2) is 0 Å². The number of aromatic nitrogens is 2. The molecule has 1 saturated heterocycles. The lowest BCUT2D eigenvalue weighted by molar-refractivity contribution is 0.248. The molecular formula is C15H20N4S. The van der Waals surface area contributed by atoms with Gasteiger partial charge in [0.2, 0.25) is 0 Å². The van der Waals surface area contributed by atoms with E-state index in [0.717, 1.165) is 18.9 Å². The Kier molecular flexibility index (Phi) is 3.98. The van der Waals surface area contributed by atoms with Crippen molar-refractivity contribution in [2.75, 3.05) is 25.5 Å². The molecule has 0 N–H and O–H groups in total. The molecule has 0 amide bonds. The predicted octanol–water partition coefficient (Wildman–Crippen LogP) is 2.94. The van der Waals surface area contributed by atoms with E-state index >= 15 is 0 Å². The van der Waals surface area contributed by atoms with Gasteiger partial charge in [0, 0.05) is 38.4 Å². The number of anilines is 1. The Balaban J connectivity index is 1.70. The van der Waals surface area contributed by atoms with Gasteiger partial charge in [-0.05, 0) is 31.0 Å². The molecule has 2 aromatic rings. The quantitative estimate of drug-likeness (QED) is 0.866. The fourth-order valence-corrected chi connectivity index (χ4v) is 3.51. The second kappa shape index (κ2) is 5.89. The monoisotopic (exact) mass is 288 g/mol. The maximum atomic E-state index is 4.49. The van der Waals surface area contributed by atoms with Crippen molar-refractivity contribution in [2.24, 2.45) is 0 Å². The van der Waals surface area contributed by atoms with E-state index in [2.05, 4.69) is 32.4 Å². The topological polar surface area (TPSA) is 32.3 Å². The highest BCUT2D eigenvalue weighted by molar-refractivity contribution is 7.09. The summed E-state index contributed by atoms with van der Waals surface area (Å²) < 4.78 is 0. The standard InChI is InChI=1S/C15H20N4S/c1-18(2)14-6-5-12(10-17-14)11-19-8-3-4-13(19)15-16-7-9-20-15/h5-7,9-10,13H,3-4,8,11H2,1-2H3/t13-/m0/s1. The summed E-state index contributed by atoms with van der Waals surface area (Å²) in [6.07, 6.45) is 6.38. The van der Waals surface area contributed by atoms with E-state index in [0.29, 0.717) is 6.04 Å². The molecule has 2 aromatic heterocycles. The molecule has 0 radical (unpaired) electrons. The molecule has 3 heterocycles. The van der Waals surface area contributed by atoms with E-state index in [1.807, 2.05) is 31.4 Å². The lowest BCUT2D eigenvalue weighted by Crippen LogP contribution is -2.22. The number of pyridine rings is 1. The fraction of sp³-hybridized carbons (Fsp3) is 0.467. The number of rotatable bonds is 4. The Labute approximate surface area is 124 Å². The van der Waals surface area contributed by atoms with Crippen LogP contribution in [0, 0.1) is 0 Å². The van der Waals surface area contributed by atoms with Gasteiger partial charge in [-0.25, -0.2) is 9.97 Å². The molecule has 4 nitrogen and oxygen atoms in total. The number of likely N-dealkylation sites (tertiary alicyclic amines) is 1. The van der Waals surface area contributed by atoms with E-state index in [-0.39, 0.29) is 0 Å². The number of nitrogens with zero attached hydrogens (tertiary/aromatic N) is 4. The van der Waals surface area contributed by atoms with Crippen molar-refractivity contribution in [2.45, 2.75) is 25.4 Å². The lowest BCUT2D eigenvalue weighted by Gasteiger charge is -2.22. The fourth-order valence-electron chi connectivity index (χ4n) is 2.70. The molecule has 0 aliphatic carbocycles. The highest BCUT2D eigenvalue weighted by Gasteiger charge is 2.27. The molecule has 0 saturated carbocycles. The van der Waals surface area contributed by atoms with Crippen LogP contribution in [0.3, 0.4) is 0 Å². The SMILES string of the molecule is CN(C)c1ccc(CN2CCC[C@H]2c2nccs2)cn1. The van der Waals surface area contributed by atoms with Crippen LogP contribution in [0.4, 0.5) is 5.82 Å². The second-order valence-electron chi connectivity index (χ2n) is 5.42. The zero-order valence-electron chi connectivity index (χ0n) is 12.0. The van der Waals surface area contributed by atoms with Crippen LogP contribution in [-0.4, -0.2) is 35.5 Å². The first kappa shape index (κ1) is 13.5. The van der Waals surface area contributed by atoms with Gasteiger partial charge in [-0.3, -0.25) is 4.90 Å². The average molecular weight is 288 g/mol. The van der Waals surface area contributed by atoms with Gasteiger partial charge in [0.05, 0.1) is 6.04 Å². The Morgan fingerprint density at radius 2 is 2.25 bits per heavy atom. The lowest BCUT2D eigenvalue weighted by atomic mass is 10.2. The van der Waals surface area contributed by atoms with Crippen LogP contribution in [-0.2, 0) is 6.54 Å². The summed E-state index contributed by atoms with van der Waals surface area (Å²) in [5, 5.41) is 3.32. The number of hydrogen-bond donors (Lipinski definition) is 0. The third kappa shape index (κ3) is 2.83. The average Bonchev–Trinajstić information content (AvgIpc) is 3.09. The summed E-state index contributed by atoms with van der Waals surface area (Å²) >= 11 is 1.77. The Bertz CT molecular complexity index is 536. The third-order valence-electron chi connectivity index (χ3n) is 3.75. The van der Waals surface area contributed by atoms with E-state index < -0.39 is 0 Å². The van der Waals surface area contributed by atoms with Crippen molar-refractivity contribution < 1.29 is 0 Å². The minimum Gasteiger partial charge on any atom is -0.363 e. The van der Waals surface area contributed by atoms with Gasteiger partial charge < -0.3 is 4.90 Å². The zero-order valence-corrected chi connectivity index (χ0v) is 12.8. The summed E-state index contributed by atoms with van der Waals surface area (Å²) in [6, 6.07) is 4.76. The van der Waals surface area contributed by atoms with Crippen molar-refractivity contribution in [3.8, 4) is 0 Å². The van der Waals surface area contributed by atoms with Crippen LogP contribution in [0.5, 0.6) is 0 Å². The van der Waals surface area contributed by atoms with Crippen molar-refractivity contribution >= 4 is 17.2 Å². The Morgan fingerprint density at radius 1 is 1.35 bits per heavy atom. The van der Waals surface area contributed by atoms with Crippen molar-refractivity contribution in [1.82, 2.24) is 14.9 Å². The highest BCUT2D eigenvalue weighted by Crippen LogP contribution is 2.34. The van der Waals surface area contributed by atoms with E-state index in [9.17, 15) is 0 Å². The molecule has 106 valence electrons. The molecule has 1 aliphatic heterocycles. The predicted molar refractivity (Wildman–Crippen MR) is 83.1 cm³/mol. The van der Waals surface area contributed by atoms with E-state index in [1.54, 1.807) is 11.3 Å². The normalized spacial score (nSPS) is 19.4. The van der Waals surface area contributed by atoms with Crippen molar-refractivity contribution in [3.05, 3.63) is 40.5 Å². The maximum absolute atomic E-state index is 4.49. The van der Waals surface area contributed by atoms with Crippen LogP contribution >= 0.6 is 11.3 Å². The smallest absolute Gasteiger partial charge is 0.127 e. The van der Waals surface area contributed by atoms with Crippen LogP contribution in [0.15, 0.2) is 29.9 Å². The third-order valence-corrected chi connectivity index (χ3v) is 4.63. The summed E-state index contributed by atoms with van der Waals surface area (Å²) in [6.45, 7) is 2.12. The van der Waals surface area contributed by atoms with Gasteiger partial charge in [-0.15, -0.1) is 11.3 Å². The zero-order chi connectivity index (χ0) is 13.9. The first-order valence-corrected chi connectivity index (χ1v) is 7.87. The summed E-state index contributed by atoms with van der Waals surface area (Å²) in [4.78, 5) is 13.5. The minimum absolute atomic E-state index is 0.489. The molecule has 1 fully saturated rings. The van der Waals surface area contributed by atoms with Crippen LogP contribution in [0.2, 0.25) is 0 Å². The molecule has 5 heteroatoms. The number of hydrogen-bond acceptors (Lipinski definition) is 5. The molecule has 3 rings (SSSR count). The minimum atomic E-state index is 0.489. The molecule has 20 heavy (non-hydrogen) atoms. The molecule has 0 spiro atoms. The van der Waals surface area contributed by atoms with E-state index in [4.69, 9.17) is 0 Å². The largest absolute Gasteiger partial charge is 0.363 e. The van der Waals surface area contributed by atoms with Gasteiger partial charge in [0.25, 0.3) is 0 Å². The summed E-state index contributed by atoms with van der Waals surface area (Å²) in [5.74, 6) is 1.01. The van der Waals surface area contributed by atoms with Gasteiger partial charge >= 0.3 is 0 Å².